The number of nitrogens with one attached hydrogen (secondary N) is 1. The van der Waals surface area contributed by atoms with Crippen LogP contribution in [0.2, 0.25) is 0 Å². The molecule has 2 N–H and O–H groups in total. The lowest BCUT2D eigenvalue weighted by Crippen LogP contribution is -2.00. The number of aryl methyl sites for hydroxylation is 1. The summed E-state index contributed by atoms with van der Waals surface area (Å²) in [5.41, 5.74) is 0.776. The maximum atomic E-state index is 9.75. The Hall–Kier alpha value is -1.27. The third-order valence-electron chi connectivity index (χ3n) is 1.84. The van der Waals surface area contributed by atoms with Crippen molar-refractivity contribution in [2.75, 3.05) is 0 Å². The van der Waals surface area contributed by atoms with Gasteiger partial charge in [0.05, 0.1) is 12.3 Å². The molecule has 0 bridgehead atoms. The molecule has 0 saturated heterocycles. The summed E-state index contributed by atoms with van der Waals surface area (Å²) in [4.78, 5) is 0. The topological polar surface area (TPSA) is 74.7 Å². The third kappa shape index (κ3) is 1.97. The Bertz CT molecular complexity index is 397. The number of hydrogen-bond donors (Lipinski definition) is 2. The molecule has 0 aliphatic rings. The second kappa shape index (κ2) is 3.85. The van der Waals surface area contributed by atoms with Crippen molar-refractivity contribution in [2.45, 2.75) is 19.4 Å². The van der Waals surface area contributed by atoms with Crippen molar-refractivity contribution in [3.05, 3.63) is 28.0 Å². The van der Waals surface area contributed by atoms with Crippen molar-refractivity contribution in [1.29, 1.82) is 0 Å². The van der Waals surface area contributed by atoms with Crippen molar-refractivity contribution in [3.63, 3.8) is 0 Å². The number of nitrogens with zero attached hydrogens (tertiary/aromatic N) is 3. The molecule has 6 heteroatoms. The van der Waals surface area contributed by atoms with Crippen molar-refractivity contribution < 1.29 is 5.11 Å². The SMILES string of the molecule is Cc1nnc(CC(O)c2cn[nH]c2)s1. The highest BCUT2D eigenvalue weighted by Crippen LogP contribution is 2.18. The standard InChI is InChI=1S/C8H10N4OS/c1-5-11-12-8(14-5)2-7(13)6-3-9-10-4-6/h3-4,7,13H,2H2,1H3,(H,9,10). The fourth-order valence-corrected chi connectivity index (χ4v) is 1.89. The molecule has 74 valence electrons. The van der Waals surface area contributed by atoms with E-state index in [-0.39, 0.29) is 0 Å². The highest BCUT2D eigenvalue weighted by atomic mass is 32.1. The van der Waals surface area contributed by atoms with Crippen molar-refractivity contribution in [1.82, 2.24) is 20.4 Å². The predicted octanol–water partition coefficient (Wildman–Crippen LogP) is 0.846. The summed E-state index contributed by atoms with van der Waals surface area (Å²) in [6.45, 7) is 1.89. The van der Waals surface area contributed by atoms with E-state index in [0.29, 0.717) is 6.42 Å². The molecule has 0 fully saturated rings. The van der Waals surface area contributed by atoms with Gasteiger partial charge >= 0.3 is 0 Å². The van der Waals surface area contributed by atoms with E-state index in [1.54, 1.807) is 12.4 Å². The van der Waals surface area contributed by atoms with Crippen LogP contribution in [0.1, 0.15) is 21.7 Å². The summed E-state index contributed by atoms with van der Waals surface area (Å²) < 4.78 is 0. The summed E-state index contributed by atoms with van der Waals surface area (Å²) in [6, 6.07) is 0. The highest BCUT2D eigenvalue weighted by molar-refractivity contribution is 7.11. The summed E-state index contributed by atoms with van der Waals surface area (Å²) in [5.74, 6) is 0. The lowest BCUT2D eigenvalue weighted by Gasteiger charge is -2.03. The van der Waals surface area contributed by atoms with Gasteiger partial charge in [0.2, 0.25) is 0 Å². The van der Waals surface area contributed by atoms with Crippen LogP contribution >= 0.6 is 11.3 Å². The van der Waals surface area contributed by atoms with E-state index in [4.69, 9.17) is 0 Å². The van der Waals surface area contributed by atoms with E-state index >= 15 is 0 Å². The first-order valence-corrected chi connectivity index (χ1v) is 5.03. The third-order valence-corrected chi connectivity index (χ3v) is 2.70. The van der Waals surface area contributed by atoms with E-state index in [0.717, 1.165) is 15.6 Å². The molecule has 2 heterocycles. The molecule has 2 aromatic heterocycles. The van der Waals surface area contributed by atoms with Gasteiger partial charge in [0.1, 0.15) is 10.0 Å². The van der Waals surface area contributed by atoms with Gasteiger partial charge in [-0.05, 0) is 6.92 Å². The first kappa shape index (κ1) is 9.29. The first-order chi connectivity index (χ1) is 6.75. The molecule has 2 aromatic rings. The van der Waals surface area contributed by atoms with Crippen LogP contribution in [0, 0.1) is 6.92 Å². The number of aromatic amines is 1. The zero-order valence-electron chi connectivity index (χ0n) is 7.64. The molecule has 5 nitrogen and oxygen atoms in total. The second-order valence-electron chi connectivity index (χ2n) is 2.97. The zero-order valence-corrected chi connectivity index (χ0v) is 8.45. The fraction of sp³-hybridized carbons (Fsp3) is 0.375. The minimum atomic E-state index is -0.555. The van der Waals surface area contributed by atoms with Crippen LogP contribution < -0.4 is 0 Å². The molecule has 1 atom stereocenters. The molecule has 14 heavy (non-hydrogen) atoms. The number of aromatic nitrogens is 4. The van der Waals surface area contributed by atoms with Crippen LogP contribution in [0.4, 0.5) is 0 Å². The summed E-state index contributed by atoms with van der Waals surface area (Å²) in [5, 5.41) is 25.8. The lowest BCUT2D eigenvalue weighted by atomic mass is 10.1. The number of hydrogen-bond acceptors (Lipinski definition) is 5. The Morgan fingerprint density at radius 2 is 2.43 bits per heavy atom. The van der Waals surface area contributed by atoms with E-state index in [9.17, 15) is 5.11 Å². The molecule has 2 rings (SSSR count). The van der Waals surface area contributed by atoms with Gasteiger partial charge in [-0.2, -0.15) is 5.10 Å². The minimum absolute atomic E-state index is 0.491. The van der Waals surface area contributed by atoms with Gasteiger partial charge in [0, 0.05) is 18.2 Å². The summed E-state index contributed by atoms with van der Waals surface area (Å²) in [7, 11) is 0. The van der Waals surface area contributed by atoms with E-state index < -0.39 is 6.10 Å². The predicted molar refractivity (Wildman–Crippen MR) is 51.9 cm³/mol. The van der Waals surface area contributed by atoms with Crippen molar-refractivity contribution in [3.8, 4) is 0 Å². The smallest absolute Gasteiger partial charge is 0.120 e. The van der Waals surface area contributed by atoms with Crippen LogP contribution in [0.15, 0.2) is 12.4 Å². The van der Waals surface area contributed by atoms with Gasteiger partial charge in [0.15, 0.2) is 0 Å². The Morgan fingerprint density at radius 3 is 3.00 bits per heavy atom. The first-order valence-electron chi connectivity index (χ1n) is 4.21. The zero-order chi connectivity index (χ0) is 9.97. The van der Waals surface area contributed by atoms with Gasteiger partial charge in [0.25, 0.3) is 0 Å². The number of aliphatic hydroxyl groups excluding tert-OH is 1. The highest BCUT2D eigenvalue weighted by Gasteiger charge is 2.12. The average Bonchev–Trinajstić information content (AvgIpc) is 2.75. The molecule has 0 spiro atoms. The van der Waals surface area contributed by atoms with Gasteiger partial charge < -0.3 is 5.11 Å². The van der Waals surface area contributed by atoms with Crippen LogP contribution in [-0.4, -0.2) is 25.5 Å². The molecule has 0 aliphatic carbocycles. The quantitative estimate of drug-likeness (QED) is 0.787. The van der Waals surface area contributed by atoms with Gasteiger partial charge in [-0.3, -0.25) is 5.10 Å². The molecule has 0 saturated carbocycles. The molecule has 0 aromatic carbocycles. The molecular weight excluding hydrogens is 200 g/mol. The van der Waals surface area contributed by atoms with Crippen LogP contribution in [0.25, 0.3) is 0 Å². The Morgan fingerprint density at radius 1 is 1.57 bits per heavy atom. The van der Waals surface area contributed by atoms with Crippen molar-refractivity contribution >= 4 is 11.3 Å². The normalized spacial score (nSPS) is 13.0. The summed E-state index contributed by atoms with van der Waals surface area (Å²) in [6.07, 6.45) is 3.23. The Kier molecular flexibility index (Phi) is 2.55. The van der Waals surface area contributed by atoms with Crippen molar-refractivity contribution in [2.24, 2.45) is 0 Å². The average molecular weight is 210 g/mol. The number of aliphatic hydroxyl groups is 1. The minimum Gasteiger partial charge on any atom is -0.388 e. The maximum Gasteiger partial charge on any atom is 0.120 e. The molecular formula is C8H10N4OS. The second-order valence-corrected chi connectivity index (χ2v) is 4.23. The van der Waals surface area contributed by atoms with E-state index in [1.807, 2.05) is 6.92 Å². The van der Waals surface area contributed by atoms with Gasteiger partial charge in [-0.15, -0.1) is 21.5 Å². The largest absolute Gasteiger partial charge is 0.388 e. The van der Waals surface area contributed by atoms with E-state index in [2.05, 4.69) is 20.4 Å². The molecule has 0 radical (unpaired) electrons. The van der Waals surface area contributed by atoms with Crippen LogP contribution in [0.5, 0.6) is 0 Å². The number of H-pyrrole nitrogens is 1. The number of rotatable bonds is 3. The monoisotopic (exact) mass is 210 g/mol. The van der Waals surface area contributed by atoms with Gasteiger partial charge in [-0.25, -0.2) is 0 Å². The maximum absolute atomic E-state index is 9.75. The van der Waals surface area contributed by atoms with Crippen LogP contribution in [0.3, 0.4) is 0 Å². The fourth-order valence-electron chi connectivity index (χ4n) is 1.15. The Labute approximate surface area is 84.8 Å². The van der Waals surface area contributed by atoms with Crippen LogP contribution in [-0.2, 0) is 6.42 Å². The summed E-state index contributed by atoms with van der Waals surface area (Å²) >= 11 is 1.50. The van der Waals surface area contributed by atoms with E-state index in [1.165, 1.54) is 11.3 Å². The van der Waals surface area contributed by atoms with Gasteiger partial charge in [-0.1, -0.05) is 0 Å². The lowest BCUT2D eigenvalue weighted by molar-refractivity contribution is 0.178. The molecule has 1 unspecified atom stereocenters. The molecule has 0 aliphatic heterocycles. The Balaban J connectivity index is 2.05. The molecule has 0 amide bonds.